The highest BCUT2D eigenvalue weighted by Crippen LogP contribution is 2.22. The Morgan fingerprint density at radius 1 is 1.29 bits per heavy atom. The number of benzene rings is 1. The predicted octanol–water partition coefficient (Wildman–Crippen LogP) is 4.12. The summed E-state index contributed by atoms with van der Waals surface area (Å²) in [6.07, 6.45) is 5.56. The Morgan fingerprint density at radius 3 is 2.59 bits per heavy atom. The minimum Gasteiger partial charge on any atom is -0.314 e. The molecule has 0 heterocycles. The smallest absolute Gasteiger partial charge is 0.0133 e. The fourth-order valence-corrected chi connectivity index (χ4v) is 2.26. The van der Waals surface area contributed by atoms with Crippen LogP contribution in [0.4, 0.5) is 0 Å². The Bertz CT molecular complexity index is 305. The van der Waals surface area contributed by atoms with Gasteiger partial charge >= 0.3 is 0 Å². The average molecular weight is 231 g/mol. The van der Waals surface area contributed by atoms with Gasteiger partial charge in [0.15, 0.2) is 0 Å². The summed E-state index contributed by atoms with van der Waals surface area (Å²) in [5, 5.41) is 3.61. The van der Waals surface area contributed by atoms with Crippen molar-refractivity contribution in [2.75, 3.05) is 6.54 Å². The molecule has 0 aliphatic rings. The standard InChI is InChI=1S/C16H25N/c1-4-6-8-13-16(17-5-2)14(3)15-11-9-7-10-12-15/h4,7,9-12,14,16-17H,1,5-6,8,13H2,2-3H3. The van der Waals surface area contributed by atoms with E-state index < -0.39 is 0 Å². The van der Waals surface area contributed by atoms with Crippen LogP contribution in [-0.2, 0) is 0 Å². The summed E-state index contributed by atoms with van der Waals surface area (Å²) >= 11 is 0. The van der Waals surface area contributed by atoms with Crippen LogP contribution in [0.1, 0.15) is 44.6 Å². The van der Waals surface area contributed by atoms with E-state index in [2.05, 4.69) is 56.1 Å². The highest BCUT2D eigenvalue weighted by molar-refractivity contribution is 5.20. The summed E-state index contributed by atoms with van der Waals surface area (Å²) in [7, 11) is 0. The number of nitrogens with one attached hydrogen (secondary N) is 1. The minimum absolute atomic E-state index is 0.570. The van der Waals surface area contributed by atoms with Gasteiger partial charge in [0, 0.05) is 6.04 Å². The maximum Gasteiger partial charge on any atom is 0.0133 e. The zero-order chi connectivity index (χ0) is 12.5. The lowest BCUT2D eigenvalue weighted by Crippen LogP contribution is -2.33. The third-order valence-corrected chi connectivity index (χ3v) is 3.32. The molecule has 0 bridgehead atoms. The fourth-order valence-electron chi connectivity index (χ4n) is 2.26. The monoisotopic (exact) mass is 231 g/mol. The summed E-state index contributed by atoms with van der Waals surface area (Å²) in [5.41, 5.74) is 1.43. The second kappa shape index (κ2) is 8.08. The van der Waals surface area contributed by atoms with Crippen LogP contribution in [0.3, 0.4) is 0 Å². The van der Waals surface area contributed by atoms with Gasteiger partial charge in [0.1, 0.15) is 0 Å². The minimum atomic E-state index is 0.570. The molecule has 1 aromatic carbocycles. The molecule has 0 aliphatic heterocycles. The van der Waals surface area contributed by atoms with Crippen LogP contribution in [-0.4, -0.2) is 12.6 Å². The molecule has 1 nitrogen and oxygen atoms in total. The molecule has 0 radical (unpaired) electrons. The van der Waals surface area contributed by atoms with Crippen LogP contribution < -0.4 is 5.32 Å². The maximum atomic E-state index is 3.79. The van der Waals surface area contributed by atoms with E-state index in [-0.39, 0.29) is 0 Å². The average Bonchev–Trinajstić information content (AvgIpc) is 2.38. The van der Waals surface area contributed by atoms with Crippen molar-refractivity contribution < 1.29 is 0 Å². The highest BCUT2D eigenvalue weighted by Gasteiger charge is 2.16. The molecule has 0 aromatic heterocycles. The van der Waals surface area contributed by atoms with Gasteiger partial charge in [0.25, 0.3) is 0 Å². The van der Waals surface area contributed by atoms with Gasteiger partial charge in [-0.3, -0.25) is 0 Å². The Labute approximate surface area is 106 Å². The predicted molar refractivity (Wildman–Crippen MR) is 76.4 cm³/mol. The van der Waals surface area contributed by atoms with E-state index in [1.54, 1.807) is 0 Å². The van der Waals surface area contributed by atoms with Crippen molar-refractivity contribution in [2.24, 2.45) is 0 Å². The Kier molecular flexibility index (Phi) is 6.64. The molecule has 1 N–H and O–H groups in total. The van der Waals surface area contributed by atoms with E-state index in [0.717, 1.165) is 13.0 Å². The Morgan fingerprint density at radius 2 is 2.00 bits per heavy atom. The van der Waals surface area contributed by atoms with Crippen molar-refractivity contribution in [1.29, 1.82) is 0 Å². The maximum absolute atomic E-state index is 3.79. The lowest BCUT2D eigenvalue weighted by Gasteiger charge is -2.25. The summed E-state index contributed by atoms with van der Waals surface area (Å²) in [4.78, 5) is 0. The number of allylic oxidation sites excluding steroid dienone is 1. The first kappa shape index (κ1) is 14.0. The fraction of sp³-hybridized carbons (Fsp3) is 0.500. The van der Waals surface area contributed by atoms with E-state index >= 15 is 0 Å². The van der Waals surface area contributed by atoms with Crippen LogP contribution >= 0.6 is 0 Å². The molecule has 0 saturated heterocycles. The normalized spacial score (nSPS) is 14.2. The first-order chi connectivity index (χ1) is 8.29. The molecular weight excluding hydrogens is 206 g/mol. The van der Waals surface area contributed by atoms with Gasteiger partial charge in [0.2, 0.25) is 0 Å². The molecule has 1 heteroatoms. The van der Waals surface area contributed by atoms with E-state index in [0.29, 0.717) is 12.0 Å². The summed E-state index contributed by atoms with van der Waals surface area (Å²) in [6.45, 7) is 9.32. The van der Waals surface area contributed by atoms with Crippen molar-refractivity contribution in [2.45, 2.75) is 45.1 Å². The number of unbranched alkanes of at least 4 members (excludes halogenated alkanes) is 1. The zero-order valence-corrected chi connectivity index (χ0v) is 11.2. The summed E-state index contributed by atoms with van der Waals surface area (Å²) in [5.74, 6) is 0.570. The van der Waals surface area contributed by atoms with Gasteiger partial charge in [-0.1, -0.05) is 50.3 Å². The molecule has 0 aliphatic carbocycles. The largest absolute Gasteiger partial charge is 0.314 e. The molecule has 0 amide bonds. The Hall–Kier alpha value is -1.08. The first-order valence-electron chi connectivity index (χ1n) is 6.68. The van der Waals surface area contributed by atoms with Gasteiger partial charge in [0.05, 0.1) is 0 Å². The molecule has 1 rings (SSSR count). The molecule has 17 heavy (non-hydrogen) atoms. The van der Waals surface area contributed by atoms with Crippen LogP contribution in [0, 0.1) is 0 Å². The lowest BCUT2D eigenvalue weighted by atomic mass is 9.90. The molecule has 2 unspecified atom stereocenters. The second-order valence-electron chi connectivity index (χ2n) is 4.58. The number of hydrogen-bond acceptors (Lipinski definition) is 1. The number of likely N-dealkylation sites (N-methyl/N-ethyl adjacent to an activating group) is 1. The molecule has 2 atom stereocenters. The van der Waals surface area contributed by atoms with Gasteiger partial charge in [-0.05, 0) is 37.3 Å². The molecule has 0 saturated carbocycles. The first-order valence-corrected chi connectivity index (χ1v) is 6.68. The third-order valence-electron chi connectivity index (χ3n) is 3.32. The number of hydrogen-bond donors (Lipinski definition) is 1. The van der Waals surface area contributed by atoms with Crippen molar-refractivity contribution in [3.8, 4) is 0 Å². The van der Waals surface area contributed by atoms with Crippen molar-refractivity contribution in [3.05, 3.63) is 48.6 Å². The highest BCUT2D eigenvalue weighted by atomic mass is 14.9. The van der Waals surface area contributed by atoms with Crippen molar-refractivity contribution >= 4 is 0 Å². The second-order valence-corrected chi connectivity index (χ2v) is 4.58. The zero-order valence-electron chi connectivity index (χ0n) is 11.2. The van der Waals surface area contributed by atoms with Crippen molar-refractivity contribution in [3.63, 3.8) is 0 Å². The van der Waals surface area contributed by atoms with Crippen LogP contribution in [0.15, 0.2) is 43.0 Å². The van der Waals surface area contributed by atoms with Gasteiger partial charge in [-0.15, -0.1) is 6.58 Å². The van der Waals surface area contributed by atoms with E-state index in [9.17, 15) is 0 Å². The molecule has 0 spiro atoms. The van der Waals surface area contributed by atoms with E-state index in [1.807, 2.05) is 6.08 Å². The molecular formula is C16H25N. The molecule has 0 fully saturated rings. The lowest BCUT2D eigenvalue weighted by molar-refractivity contribution is 0.424. The van der Waals surface area contributed by atoms with Gasteiger partial charge < -0.3 is 5.32 Å². The molecule has 1 aromatic rings. The van der Waals surface area contributed by atoms with Crippen LogP contribution in [0.25, 0.3) is 0 Å². The third kappa shape index (κ3) is 4.74. The summed E-state index contributed by atoms with van der Waals surface area (Å²) < 4.78 is 0. The quantitative estimate of drug-likeness (QED) is 0.524. The van der Waals surface area contributed by atoms with Gasteiger partial charge in [-0.2, -0.15) is 0 Å². The Balaban J connectivity index is 2.59. The topological polar surface area (TPSA) is 12.0 Å². The molecule has 94 valence electrons. The van der Waals surface area contributed by atoms with Gasteiger partial charge in [-0.25, -0.2) is 0 Å². The summed E-state index contributed by atoms with van der Waals surface area (Å²) in [6, 6.07) is 11.3. The van der Waals surface area contributed by atoms with Crippen molar-refractivity contribution in [1.82, 2.24) is 5.32 Å². The van der Waals surface area contributed by atoms with Crippen LogP contribution in [0.5, 0.6) is 0 Å². The van der Waals surface area contributed by atoms with E-state index in [1.165, 1.54) is 18.4 Å². The number of rotatable bonds is 8. The SMILES string of the molecule is C=CCCCC(NCC)C(C)c1ccccc1. The van der Waals surface area contributed by atoms with E-state index in [4.69, 9.17) is 0 Å². The van der Waals surface area contributed by atoms with Crippen LogP contribution in [0.2, 0.25) is 0 Å².